The molecule has 2 rings (SSSR count). The fraction of sp³-hybridized carbons (Fsp3) is 0.458. The molecule has 1 heterocycles. The molecule has 0 bridgehead atoms. The Labute approximate surface area is 185 Å². The van der Waals surface area contributed by atoms with Gasteiger partial charge in [0.2, 0.25) is 5.95 Å². The summed E-state index contributed by atoms with van der Waals surface area (Å²) in [5.41, 5.74) is 2.83. The molecule has 0 fully saturated rings. The van der Waals surface area contributed by atoms with E-state index < -0.39 is 0 Å². The van der Waals surface area contributed by atoms with E-state index in [9.17, 15) is 0 Å². The van der Waals surface area contributed by atoms with Gasteiger partial charge in [0, 0.05) is 41.8 Å². The number of hydrogen-bond donors (Lipinski definition) is 1. The number of likely N-dealkylation sites (N-methyl/N-ethyl adjacent to an activating group) is 1. The van der Waals surface area contributed by atoms with Crippen molar-refractivity contribution in [3.05, 3.63) is 48.8 Å². The van der Waals surface area contributed by atoms with Gasteiger partial charge in [-0.25, -0.2) is 9.97 Å². The van der Waals surface area contributed by atoms with E-state index >= 15 is 0 Å². The quantitative estimate of drug-likeness (QED) is 0.343. The summed E-state index contributed by atoms with van der Waals surface area (Å²) in [7, 11) is 3.96. The van der Waals surface area contributed by atoms with Crippen molar-refractivity contribution in [2.24, 2.45) is 4.99 Å². The van der Waals surface area contributed by atoms with Crippen molar-refractivity contribution in [1.29, 1.82) is 0 Å². The molecule has 162 valence electrons. The highest BCUT2D eigenvalue weighted by Gasteiger charge is 2.14. The van der Waals surface area contributed by atoms with Crippen molar-refractivity contribution in [1.82, 2.24) is 14.9 Å². The van der Waals surface area contributed by atoms with Crippen molar-refractivity contribution in [3.63, 3.8) is 0 Å². The number of thioether (sulfide) groups is 1. The molecule has 1 N–H and O–H groups in total. The monoisotopic (exact) mass is 425 g/mol. The molecular formula is C24H35N5S. The third-order valence-corrected chi connectivity index (χ3v) is 6.05. The Hall–Kier alpha value is -2.18. The Morgan fingerprint density at radius 2 is 1.93 bits per heavy atom. The number of rotatable bonds is 11. The topological polar surface area (TPSA) is 53.4 Å². The van der Waals surface area contributed by atoms with E-state index in [2.05, 4.69) is 54.2 Å². The van der Waals surface area contributed by atoms with Crippen molar-refractivity contribution < 1.29 is 0 Å². The highest BCUT2D eigenvalue weighted by Crippen LogP contribution is 2.28. The first-order valence-electron chi connectivity index (χ1n) is 10.6. The van der Waals surface area contributed by atoms with Crippen LogP contribution in [0.25, 0.3) is 15.8 Å². The molecule has 0 aliphatic rings. The number of fused-ring (bicyclic) bond motifs is 1. The van der Waals surface area contributed by atoms with Crippen LogP contribution in [0.2, 0.25) is 0 Å². The molecule has 0 radical (unpaired) electrons. The Kier molecular flexibility index (Phi) is 9.53. The molecule has 0 saturated carbocycles. The van der Waals surface area contributed by atoms with Crippen LogP contribution in [0, 0.1) is 0 Å². The van der Waals surface area contributed by atoms with Crippen LogP contribution in [-0.4, -0.2) is 46.6 Å². The van der Waals surface area contributed by atoms with Crippen LogP contribution in [-0.2, 0) is 0 Å². The van der Waals surface area contributed by atoms with E-state index in [1.54, 1.807) is 18.8 Å². The minimum Gasteiger partial charge on any atom is -0.327 e. The third-order valence-electron chi connectivity index (χ3n) is 5.09. The zero-order valence-corrected chi connectivity index (χ0v) is 19.9. The molecule has 5 nitrogen and oxygen atoms in total. The van der Waals surface area contributed by atoms with Gasteiger partial charge in [0.05, 0.1) is 10.6 Å². The molecule has 0 aliphatic carbocycles. The molecule has 2 aromatic rings. The van der Waals surface area contributed by atoms with Gasteiger partial charge in [0.1, 0.15) is 0 Å². The van der Waals surface area contributed by atoms with E-state index in [0.29, 0.717) is 12.0 Å². The molecular weight excluding hydrogens is 390 g/mol. The summed E-state index contributed by atoms with van der Waals surface area (Å²) >= 11 is 1.57. The second kappa shape index (κ2) is 11.9. The standard InChI is InChI=1S/C24H35N5S/c1-8-10-22(11-9-2)29(7)16-17(3)27-24-26-15-21-13-12-20(14-23(21)28-24)18(4)30-19(5)25-6/h12-15,22H,3-4,8-11,16H2,1-2,5-7H3,(H,26,27,28). The summed E-state index contributed by atoms with van der Waals surface area (Å²) in [4.78, 5) is 16.7. The van der Waals surface area contributed by atoms with Gasteiger partial charge in [-0.15, -0.1) is 0 Å². The lowest BCUT2D eigenvalue weighted by Crippen LogP contribution is -2.34. The molecule has 6 heteroatoms. The zero-order chi connectivity index (χ0) is 22.1. The van der Waals surface area contributed by atoms with Gasteiger partial charge in [-0.2, -0.15) is 0 Å². The summed E-state index contributed by atoms with van der Waals surface area (Å²) in [6, 6.07) is 6.71. The fourth-order valence-corrected chi connectivity index (χ4v) is 4.11. The highest BCUT2D eigenvalue weighted by molar-refractivity contribution is 8.21. The van der Waals surface area contributed by atoms with Gasteiger partial charge >= 0.3 is 0 Å². The van der Waals surface area contributed by atoms with Gasteiger partial charge < -0.3 is 5.32 Å². The number of aliphatic imine (C=N–C) groups is 1. The summed E-state index contributed by atoms with van der Waals surface area (Å²) < 4.78 is 0. The van der Waals surface area contributed by atoms with Crippen molar-refractivity contribution in [2.45, 2.75) is 52.5 Å². The van der Waals surface area contributed by atoms with Crippen LogP contribution in [0.4, 0.5) is 5.95 Å². The van der Waals surface area contributed by atoms with Crippen LogP contribution in [0.1, 0.15) is 52.0 Å². The summed E-state index contributed by atoms with van der Waals surface area (Å²) in [5.74, 6) is 0.574. The second-order valence-corrected chi connectivity index (χ2v) is 8.90. The number of aromatic nitrogens is 2. The number of anilines is 1. The predicted molar refractivity (Wildman–Crippen MR) is 134 cm³/mol. The van der Waals surface area contributed by atoms with Gasteiger partial charge in [0.15, 0.2) is 0 Å². The van der Waals surface area contributed by atoms with Gasteiger partial charge in [-0.1, -0.05) is 63.7 Å². The molecule has 0 atom stereocenters. The van der Waals surface area contributed by atoms with E-state index in [1.807, 2.05) is 31.3 Å². The van der Waals surface area contributed by atoms with E-state index in [4.69, 9.17) is 4.98 Å². The molecule has 0 spiro atoms. The minimum absolute atomic E-state index is 0.574. The molecule has 0 amide bonds. The molecule has 1 aromatic heterocycles. The normalized spacial score (nSPS) is 12.0. The van der Waals surface area contributed by atoms with Crippen molar-refractivity contribution in [2.75, 3.05) is 26.0 Å². The van der Waals surface area contributed by atoms with Gasteiger partial charge in [-0.3, -0.25) is 9.89 Å². The molecule has 0 saturated heterocycles. The van der Waals surface area contributed by atoms with Crippen LogP contribution in [0.5, 0.6) is 0 Å². The Balaban J connectivity index is 2.10. The molecule has 1 aromatic carbocycles. The van der Waals surface area contributed by atoms with Crippen LogP contribution in [0.15, 0.2) is 48.2 Å². The summed E-state index contributed by atoms with van der Waals surface area (Å²) in [6.45, 7) is 15.6. The lowest BCUT2D eigenvalue weighted by Gasteiger charge is -2.28. The maximum Gasteiger partial charge on any atom is 0.227 e. The summed E-state index contributed by atoms with van der Waals surface area (Å²) in [6.07, 6.45) is 6.64. The van der Waals surface area contributed by atoms with Gasteiger partial charge in [-0.05, 0) is 38.4 Å². The largest absolute Gasteiger partial charge is 0.327 e. The van der Waals surface area contributed by atoms with E-state index in [0.717, 1.165) is 38.7 Å². The van der Waals surface area contributed by atoms with E-state index in [-0.39, 0.29) is 0 Å². The third kappa shape index (κ3) is 6.96. The maximum absolute atomic E-state index is 4.70. The number of nitrogens with zero attached hydrogens (tertiary/aromatic N) is 4. The molecule has 0 aliphatic heterocycles. The minimum atomic E-state index is 0.574. The smallest absolute Gasteiger partial charge is 0.227 e. The first kappa shape index (κ1) is 24.1. The highest BCUT2D eigenvalue weighted by atomic mass is 32.2. The fourth-order valence-electron chi connectivity index (χ4n) is 3.42. The maximum atomic E-state index is 4.70. The first-order chi connectivity index (χ1) is 14.4. The second-order valence-electron chi connectivity index (χ2n) is 7.61. The van der Waals surface area contributed by atoms with Crippen LogP contribution < -0.4 is 5.32 Å². The zero-order valence-electron chi connectivity index (χ0n) is 19.0. The van der Waals surface area contributed by atoms with E-state index in [1.165, 1.54) is 25.7 Å². The van der Waals surface area contributed by atoms with Crippen LogP contribution in [0.3, 0.4) is 0 Å². The Morgan fingerprint density at radius 3 is 2.57 bits per heavy atom. The Bertz CT molecular complexity index is 900. The molecule has 0 unspecified atom stereocenters. The lowest BCUT2D eigenvalue weighted by atomic mass is 10.1. The number of nitrogens with one attached hydrogen (secondary N) is 1. The van der Waals surface area contributed by atoms with Crippen molar-refractivity contribution >= 4 is 38.6 Å². The molecule has 30 heavy (non-hydrogen) atoms. The summed E-state index contributed by atoms with van der Waals surface area (Å²) in [5, 5.41) is 5.27. The average Bonchev–Trinajstić information content (AvgIpc) is 2.72. The number of hydrogen-bond acceptors (Lipinski definition) is 6. The van der Waals surface area contributed by atoms with Gasteiger partial charge in [0.25, 0.3) is 0 Å². The SMILES string of the molecule is C=C(CN(C)C(CCC)CCC)Nc1ncc2ccc(C(=C)SC(C)=NC)cc2n1. The van der Waals surface area contributed by atoms with Crippen LogP contribution >= 0.6 is 11.8 Å². The first-order valence-corrected chi connectivity index (χ1v) is 11.4. The number of benzene rings is 1. The predicted octanol–water partition coefficient (Wildman–Crippen LogP) is 6.21. The average molecular weight is 426 g/mol. The lowest BCUT2D eigenvalue weighted by molar-refractivity contribution is 0.233. The van der Waals surface area contributed by atoms with Crippen molar-refractivity contribution in [3.8, 4) is 0 Å². The Morgan fingerprint density at radius 1 is 1.23 bits per heavy atom.